The van der Waals surface area contributed by atoms with Crippen LogP contribution in [0, 0.1) is 5.92 Å². The van der Waals surface area contributed by atoms with E-state index in [4.69, 9.17) is 5.11 Å². The van der Waals surface area contributed by atoms with Gasteiger partial charge < -0.3 is 5.11 Å². The quantitative estimate of drug-likeness (QED) is 0.889. The highest BCUT2D eigenvalue weighted by Crippen LogP contribution is 2.42. The van der Waals surface area contributed by atoms with Crippen LogP contribution in [0.25, 0.3) is 0 Å². The maximum Gasteiger partial charge on any atom is 0.392 e. The second-order valence-electron chi connectivity index (χ2n) is 4.14. The molecule has 0 aliphatic rings. The molecule has 0 aliphatic carbocycles. The van der Waals surface area contributed by atoms with Gasteiger partial charge in [-0.3, -0.25) is 4.79 Å². The van der Waals surface area contributed by atoms with Gasteiger partial charge in [-0.05, 0) is 12.5 Å². The van der Waals surface area contributed by atoms with Crippen LogP contribution in [-0.4, -0.2) is 17.3 Å². The summed E-state index contributed by atoms with van der Waals surface area (Å²) in [6.07, 6.45) is -4.55. The summed E-state index contributed by atoms with van der Waals surface area (Å²) < 4.78 is 38.2. The first-order valence-corrected chi connectivity index (χ1v) is 5.06. The Labute approximate surface area is 97.1 Å². The minimum atomic E-state index is -4.55. The zero-order chi connectivity index (χ0) is 13.3. The molecule has 0 amide bonds. The second-order valence-corrected chi connectivity index (χ2v) is 4.14. The Balaban J connectivity index is 3.30. The molecule has 0 aliphatic heterocycles. The Bertz CT molecular complexity index is 400. The number of alkyl halides is 3. The molecule has 2 atom stereocenters. The van der Waals surface area contributed by atoms with E-state index in [1.807, 2.05) is 0 Å². The van der Waals surface area contributed by atoms with Gasteiger partial charge in [0.15, 0.2) is 0 Å². The molecular formula is C12H13F3O2. The summed E-state index contributed by atoms with van der Waals surface area (Å²) in [5, 5.41) is 9.12. The average Bonchev–Trinajstić information content (AvgIpc) is 2.26. The minimum Gasteiger partial charge on any atom is -0.481 e. The third-order valence-electron chi connectivity index (χ3n) is 3.17. The highest BCUT2D eigenvalue weighted by atomic mass is 19.4. The van der Waals surface area contributed by atoms with Crippen LogP contribution in [0.4, 0.5) is 13.2 Å². The Kier molecular flexibility index (Phi) is 3.50. The van der Waals surface area contributed by atoms with Gasteiger partial charge in [-0.2, -0.15) is 13.2 Å². The Hall–Kier alpha value is -1.52. The molecule has 1 N–H and O–H groups in total. The standard InChI is InChI=1S/C12H13F3O2/c1-8(12(13,14)15)11(2,10(16)17)9-6-4-3-5-7-9/h3-8H,1-2H3,(H,16,17). The summed E-state index contributed by atoms with van der Waals surface area (Å²) >= 11 is 0. The first-order chi connectivity index (χ1) is 7.70. The largest absolute Gasteiger partial charge is 0.481 e. The number of halogens is 3. The van der Waals surface area contributed by atoms with Crippen molar-refractivity contribution in [2.45, 2.75) is 25.4 Å². The molecule has 17 heavy (non-hydrogen) atoms. The molecule has 0 spiro atoms. The molecule has 1 aromatic rings. The van der Waals surface area contributed by atoms with E-state index in [9.17, 15) is 18.0 Å². The van der Waals surface area contributed by atoms with Crippen LogP contribution in [0.2, 0.25) is 0 Å². The summed E-state index contributed by atoms with van der Waals surface area (Å²) in [6, 6.07) is 7.48. The topological polar surface area (TPSA) is 37.3 Å². The fourth-order valence-electron chi connectivity index (χ4n) is 1.67. The molecule has 5 heteroatoms. The van der Waals surface area contributed by atoms with Crippen molar-refractivity contribution in [1.82, 2.24) is 0 Å². The highest BCUT2D eigenvalue weighted by molar-refractivity contribution is 5.81. The molecule has 0 heterocycles. The molecule has 0 bridgehead atoms. The van der Waals surface area contributed by atoms with Crippen molar-refractivity contribution in [3.05, 3.63) is 35.9 Å². The molecule has 2 unspecified atom stereocenters. The van der Waals surface area contributed by atoms with E-state index >= 15 is 0 Å². The molecule has 0 saturated heterocycles. The molecule has 1 aromatic carbocycles. The number of hydrogen-bond acceptors (Lipinski definition) is 1. The van der Waals surface area contributed by atoms with Crippen molar-refractivity contribution in [3.8, 4) is 0 Å². The number of carboxylic acids is 1. The van der Waals surface area contributed by atoms with E-state index < -0.39 is 23.5 Å². The maximum absolute atomic E-state index is 12.7. The van der Waals surface area contributed by atoms with Gasteiger partial charge in [0.05, 0.1) is 5.92 Å². The van der Waals surface area contributed by atoms with Crippen LogP contribution >= 0.6 is 0 Å². The number of benzene rings is 1. The lowest BCUT2D eigenvalue weighted by molar-refractivity contribution is -0.196. The molecule has 94 valence electrons. The van der Waals surface area contributed by atoms with Gasteiger partial charge in [0.2, 0.25) is 0 Å². The fourth-order valence-corrected chi connectivity index (χ4v) is 1.67. The zero-order valence-corrected chi connectivity index (χ0v) is 9.45. The summed E-state index contributed by atoms with van der Waals surface area (Å²) in [7, 11) is 0. The van der Waals surface area contributed by atoms with Crippen LogP contribution in [0.15, 0.2) is 30.3 Å². The Morgan fingerprint density at radius 1 is 1.24 bits per heavy atom. The molecule has 0 saturated carbocycles. The number of hydrogen-bond donors (Lipinski definition) is 1. The van der Waals surface area contributed by atoms with E-state index in [-0.39, 0.29) is 5.56 Å². The summed E-state index contributed by atoms with van der Waals surface area (Å²) in [5.74, 6) is -3.44. The van der Waals surface area contributed by atoms with Crippen LogP contribution < -0.4 is 0 Å². The first kappa shape index (κ1) is 13.5. The monoisotopic (exact) mass is 246 g/mol. The summed E-state index contributed by atoms with van der Waals surface area (Å²) in [4.78, 5) is 11.2. The minimum absolute atomic E-state index is 0.150. The van der Waals surface area contributed by atoms with E-state index in [1.165, 1.54) is 24.3 Å². The van der Waals surface area contributed by atoms with Crippen molar-refractivity contribution in [3.63, 3.8) is 0 Å². The van der Waals surface area contributed by atoms with Crippen molar-refractivity contribution >= 4 is 5.97 Å². The molecule has 0 aromatic heterocycles. The van der Waals surface area contributed by atoms with Crippen molar-refractivity contribution in [2.75, 3.05) is 0 Å². The molecular weight excluding hydrogens is 233 g/mol. The predicted octanol–water partition coefficient (Wildman–Crippen LogP) is 3.23. The zero-order valence-electron chi connectivity index (χ0n) is 9.45. The Morgan fingerprint density at radius 2 is 1.71 bits per heavy atom. The van der Waals surface area contributed by atoms with Crippen LogP contribution in [0.5, 0.6) is 0 Å². The molecule has 0 fully saturated rings. The normalized spacial score (nSPS) is 17.2. The van der Waals surface area contributed by atoms with Gasteiger partial charge in [-0.1, -0.05) is 37.3 Å². The van der Waals surface area contributed by atoms with Gasteiger partial charge in [-0.15, -0.1) is 0 Å². The molecule has 2 nitrogen and oxygen atoms in total. The average molecular weight is 246 g/mol. The van der Waals surface area contributed by atoms with Crippen LogP contribution in [-0.2, 0) is 10.2 Å². The van der Waals surface area contributed by atoms with E-state index in [1.54, 1.807) is 6.07 Å². The van der Waals surface area contributed by atoms with Gasteiger partial charge in [0.25, 0.3) is 0 Å². The summed E-state index contributed by atoms with van der Waals surface area (Å²) in [6.45, 7) is 1.99. The van der Waals surface area contributed by atoms with Crippen molar-refractivity contribution < 1.29 is 23.1 Å². The molecule has 0 radical (unpaired) electrons. The number of rotatable bonds is 3. The lowest BCUT2D eigenvalue weighted by Gasteiger charge is -2.33. The van der Waals surface area contributed by atoms with Crippen molar-refractivity contribution in [2.24, 2.45) is 5.92 Å². The number of aliphatic carboxylic acids is 1. The lowest BCUT2D eigenvalue weighted by Crippen LogP contribution is -2.45. The fraction of sp³-hybridized carbons (Fsp3) is 0.417. The third kappa shape index (κ3) is 2.43. The van der Waals surface area contributed by atoms with E-state index in [0.717, 1.165) is 13.8 Å². The third-order valence-corrected chi connectivity index (χ3v) is 3.17. The Morgan fingerprint density at radius 3 is 2.06 bits per heavy atom. The first-order valence-electron chi connectivity index (χ1n) is 5.06. The van der Waals surface area contributed by atoms with Gasteiger partial charge in [0.1, 0.15) is 5.41 Å². The van der Waals surface area contributed by atoms with Gasteiger partial charge in [0, 0.05) is 0 Å². The highest BCUT2D eigenvalue weighted by Gasteiger charge is 2.53. The molecule has 1 rings (SSSR count). The van der Waals surface area contributed by atoms with Crippen LogP contribution in [0.3, 0.4) is 0 Å². The lowest BCUT2D eigenvalue weighted by atomic mass is 9.72. The van der Waals surface area contributed by atoms with E-state index in [2.05, 4.69) is 0 Å². The second kappa shape index (κ2) is 4.39. The van der Waals surface area contributed by atoms with E-state index in [0.29, 0.717) is 0 Å². The predicted molar refractivity (Wildman–Crippen MR) is 56.6 cm³/mol. The summed E-state index contributed by atoms with van der Waals surface area (Å²) in [5.41, 5.74) is -1.82. The SMILES string of the molecule is CC(C(F)(F)F)C(C)(C(=O)O)c1ccccc1. The van der Waals surface area contributed by atoms with Gasteiger partial charge in [-0.25, -0.2) is 0 Å². The number of carboxylic acid groups (broad SMARTS) is 1. The van der Waals surface area contributed by atoms with Gasteiger partial charge >= 0.3 is 12.1 Å². The van der Waals surface area contributed by atoms with Crippen LogP contribution in [0.1, 0.15) is 19.4 Å². The number of carbonyl (C=O) groups is 1. The smallest absolute Gasteiger partial charge is 0.392 e. The maximum atomic E-state index is 12.7. The van der Waals surface area contributed by atoms with Crippen molar-refractivity contribution in [1.29, 1.82) is 0 Å².